The number of rotatable bonds is 3. The second-order valence-electron chi connectivity index (χ2n) is 5.71. The van der Waals surface area contributed by atoms with Crippen LogP contribution in [0.15, 0.2) is 53.4 Å². The van der Waals surface area contributed by atoms with Crippen molar-refractivity contribution in [1.29, 1.82) is 0 Å². The number of hydrogen-bond donors (Lipinski definition) is 2. The summed E-state index contributed by atoms with van der Waals surface area (Å²) in [6.45, 7) is 0. The Bertz CT molecular complexity index is 790. The monoisotopic (exact) mass is 351 g/mol. The van der Waals surface area contributed by atoms with Crippen LogP contribution in [0, 0.1) is 0 Å². The average molecular weight is 352 g/mol. The Balaban J connectivity index is 1.95. The third-order valence-corrected chi connectivity index (χ3v) is 5.84. The van der Waals surface area contributed by atoms with E-state index in [2.05, 4.69) is 4.72 Å². The van der Waals surface area contributed by atoms with Gasteiger partial charge >= 0.3 is 0 Å². The number of halogens is 1. The van der Waals surface area contributed by atoms with Gasteiger partial charge in [-0.1, -0.05) is 35.9 Å². The smallest absolute Gasteiger partial charge is 0.241 e. The van der Waals surface area contributed by atoms with Crippen LogP contribution in [-0.4, -0.2) is 19.6 Å². The third-order valence-electron chi connectivity index (χ3n) is 4.13. The van der Waals surface area contributed by atoms with E-state index in [-0.39, 0.29) is 4.90 Å². The molecule has 0 saturated carbocycles. The predicted octanol–water partition coefficient (Wildman–Crippen LogP) is 3.06. The van der Waals surface area contributed by atoms with Gasteiger partial charge in [-0.2, -0.15) is 0 Å². The van der Waals surface area contributed by atoms with Gasteiger partial charge in [0.15, 0.2) is 0 Å². The molecule has 23 heavy (non-hydrogen) atoms. The number of aryl methyl sites for hydroxylation is 1. The summed E-state index contributed by atoms with van der Waals surface area (Å²) in [5.41, 5.74) is 1.92. The molecule has 0 heterocycles. The SMILES string of the molecule is O=S(=O)(N[C@@H]1c2ccccc2CCC[C@H]1O)c1ccc(Cl)cc1. The first kappa shape index (κ1) is 16.5. The fourth-order valence-corrected chi connectivity index (χ4v) is 4.31. The standard InChI is InChI=1S/C17H18ClNO3S/c18-13-8-10-14(11-9-13)23(21,22)19-17-15-6-2-1-4-12(15)5-3-7-16(17)20/h1-2,4,6,8-11,16-17,19-20H,3,5,7H2/t16-,17-/m1/s1. The molecule has 0 unspecified atom stereocenters. The van der Waals surface area contributed by atoms with E-state index in [1.165, 1.54) is 24.3 Å². The van der Waals surface area contributed by atoms with Crippen molar-refractivity contribution in [3.8, 4) is 0 Å². The quantitative estimate of drug-likeness (QED) is 0.835. The average Bonchev–Trinajstić information content (AvgIpc) is 2.68. The number of fused-ring (bicyclic) bond motifs is 1. The van der Waals surface area contributed by atoms with Crippen molar-refractivity contribution in [2.75, 3.05) is 0 Å². The lowest BCUT2D eigenvalue weighted by molar-refractivity contribution is 0.129. The lowest BCUT2D eigenvalue weighted by atomic mass is 9.99. The fourth-order valence-electron chi connectivity index (χ4n) is 2.93. The van der Waals surface area contributed by atoms with Crippen LogP contribution in [0.2, 0.25) is 5.02 Å². The summed E-state index contributed by atoms with van der Waals surface area (Å²) >= 11 is 5.81. The van der Waals surface area contributed by atoms with Crippen LogP contribution in [-0.2, 0) is 16.4 Å². The largest absolute Gasteiger partial charge is 0.391 e. The van der Waals surface area contributed by atoms with Crippen molar-refractivity contribution in [2.24, 2.45) is 0 Å². The van der Waals surface area contributed by atoms with Crippen LogP contribution in [0.1, 0.15) is 30.0 Å². The first-order chi connectivity index (χ1) is 11.0. The zero-order valence-electron chi connectivity index (χ0n) is 12.4. The highest BCUT2D eigenvalue weighted by Gasteiger charge is 2.30. The van der Waals surface area contributed by atoms with Gasteiger partial charge < -0.3 is 5.11 Å². The van der Waals surface area contributed by atoms with Gasteiger partial charge in [0.05, 0.1) is 17.0 Å². The molecule has 3 rings (SSSR count). The maximum Gasteiger partial charge on any atom is 0.241 e. The minimum Gasteiger partial charge on any atom is -0.391 e. The molecule has 0 saturated heterocycles. The molecule has 0 aromatic heterocycles. The number of sulfonamides is 1. The highest BCUT2D eigenvalue weighted by atomic mass is 35.5. The predicted molar refractivity (Wildman–Crippen MR) is 89.9 cm³/mol. The van der Waals surface area contributed by atoms with Crippen LogP contribution >= 0.6 is 11.6 Å². The van der Waals surface area contributed by atoms with Crippen molar-refractivity contribution in [3.63, 3.8) is 0 Å². The molecule has 2 aromatic rings. The van der Waals surface area contributed by atoms with E-state index in [9.17, 15) is 13.5 Å². The summed E-state index contributed by atoms with van der Waals surface area (Å²) in [5, 5.41) is 10.9. The van der Waals surface area contributed by atoms with Crippen LogP contribution < -0.4 is 4.72 Å². The maximum absolute atomic E-state index is 12.6. The molecule has 0 amide bonds. The van der Waals surface area contributed by atoms with E-state index in [0.717, 1.165) is 24.0 Å². The molecular formula is C17H18ClNO3S. The zero-order valence-corrected chi connectivity index (χ0v) is 14.0. The van der Waals surface area contributed by atoms with Crippen LogP contribution in [0.3, 0.4) is 0 Å². The highest BCUT2D eigenvalue weighted by Crippen LogP contribution is 2.30. The molecule has 2 aromatic carbocycles. The Morgan fingerprint density at radius 1 is 1.09 bits per heavy atom. The molecule has 2 N–H and O–H groups in total. The Kier molecular flexibility index (Phi) is 4.73. The Hall–Kier alpha value is -1.40. The number of hydrogen-bond acceptors (Lipinski definition) is 3. The zero-order chi connectivity index (χ0) is 16.4. The number of benzene rings is 2. The summed E-state index contributed by atoms with van der Waals surface area (Å²) in [7, 11) is -3.74. The van der Waals surface area contributed by atoms with Gasteiger partial charge in [-0.25, -0.2) is 13.1 Å². The molecule has 4 nitrogen and oxygen atoms in total. The minimum absolute atomic E-state index is 0.135. The second kappa shape index (κ2) is 6.61. The van der Waals surface area contributed by atoms with E-state index in [1.807, 2.05) is 24.3 Å². The van der Waals surface area contributed by atoms with Crippen molar-refractivity contribution < 1.29 is 13.5 Å². The van der Waals surface area contributed by atoms with Crippen LogP contribution in [0.25, 0.3) is 0 Å². The first-order valence-corrected chi connectivity index (χ1v) is 9.37. The van der Waals surface area contributed by atoms with E-state index in [4.69, 9.17) is 11.6 Å². The van der Waals surface area contributed by atoms with Crippen molar-refractivity contribution in [2.45, 2.75) is 36.3 Å². The number of nitrogens with one attached hydrogen (secondary N) is 1. The lowest BCUT2D eigenvalue weighted by Crippen LogP contribution is -2.36. The second-order valence-corrected chi connectivity index (χ2v) is 7.86. The topological polar surface area (TPSA) is 66.4 Å². The third kappa shape index (κ3) is 3.58. The summed E-state index contributed by atoms with van der Waals surface area (Å²) < 4.78 is 27.9. The van der Waals surface area contributed by atoms with E-state index in [0.29, 0.717) is 11.4 Å². The van der Waals surface area contributed by atoms with Crippen LogP contribution in [0.5, 0.6) is 0 Å². The summed E-state index contributed by atoms with van der Waals surface area (Å²) in [4.78, 5) is 0.135. The van der Waals surface area contributed by atoms with Gasteiger partial charge in [0, 0.05) is 5.02 Å². The lowest BCUT2D eigenvalue weighted by Gasteiger charge is -2.23. The first-order valence-electron chi connectivity index (χ1n) is 7.51. The molecule has 0 radical (unpaired) electrons. The molecular weight excluding hydrogens is 334 g/mol. The molecule has 0 bridgehead atoms. The van der Waals surface area contributed by atoms with Gasteiger partial charge in [-0.15, -0.1) is 0 Å². The molecule has 2 atom stereocenters. The molecule has 0 aliphatic heterocycles. The van der Waals surface area contributed by atoms with E-state index >= 15 is 0 Å². The molecule has 122 valence electrons. The van der Waals surface area contributed by atoms with Gasteiger partial charge in [0.1, 0.15) is 0 Å². The van der Waals surface area contributed by atoms with Gasteiger partial charge in [-0.3, -0.25) is 0 Å². The number of aliphatic hydroxyl groups excluding tert-OH is 1. The maximum atomic E-state index is 12.6. The fraction of sp³-hybridized carbons (Fsp3) is 0.294. The molecule has 6 heteroatoms. The Labute approximate surface area is 141 Å². The normalized spacial score (nSPS) is 21.5. The van der Waals surface area contributed by atoms with Crippen molar-refractivity contribution in [3.05, 3.63) is 64.7 Å². The van der Waals surface area contributed by atoms with Crippen LogP contribution in [0.4, 0.5) is 0 Å². The van der Waals surface area contributed by atoms with E-state index in [1.54, 1.807) is 0 Å². The Morgan fingerprint density at radius 3 is 2.52 bits per heavy atom. The highest BCUT2D eigenvalue weighted by molar-refractivity contribution is 7.89. The van der Waals surface area contributed by atoms with Crippen molar-refractivity contribution in [1.82, 2.24) is 4.72 Å². The van der Waals surface area contributed by atoms with Gasteiger partial charge in [0.25, 0.3) is 0 Å². The minimum atomic E-state index is -3.74. The molecule has 0 fully saturated rings. The number of aliphatic hydroxyl groups is 1. The summed E-state index contributed by atoms with van der Waals surface area (Å²) in [5.74, 6) is 0. The molecule has 1 aliphatic rings. The molecule has 1 aliphatic carbocycles. The van der Waals surface area contributed by atoms with Crippen molar-refractivity contribution >= 4 is 21.6 Å². The van der Waals surface area contributed by atoms with E-state index < -0.39 is 22.2 Å². The molecule has 0 spiro atoms. The van der Waals surface area contributed by atoms with Gasteiger partial charge in [-0.05, 0) is 54.7 Å². The van der Waals surface area contributed by atoms with Gasteiger partial charge in [0.2, 0.25) is 10.0 Å². The Morgan fingerprint density at radius 2 is 1.78 bits per heavy atom. The summed E-state index contributed by atoms with van der Waals surface area (Å²) in [6, 6.07) is 13.0. The summed E-state index contributed by atoms with van der Waals surface area (Å²) in [6.07, 6.45) is 1.48.